The standard InChI is InChI=1S/C13H21N3O3/c1-4-10-8-11(16(5-2)15-10)13(19)14-9(3)6-7-12(17)18/h8-9H,4-7H2,1-3H3,(H,14,19)(H,17,18). The van der Waals surface area contributed by atoms with Crippen LogP contribution in [0.4, 0.5) is 0 Å². The highest BCUT2D eigenvalue weighted by molar-refractivity contribution is 5.92. The van der Waals surface area contributed by atoms with Crippen molar-refractivity contribution in [1.82, 2.24) is 15.1 Å². The Morgan fingerprint density at radius 3 is 2.68 bits per heavy atom. The predicted octanol–water partition coefficient (Wildman–Crippen LogP) is 1.45. The molecule has 0 spiro atoms. The van der Waals surface area contributed by atoms with E-state index >= 15 is 0 Å². The molecule has 6 nitrogen and oxygen atoms in total. The Morgan fingerprint density at radius 1 is 1.47 bits per heavy atom. The minimum Gasteiger partial charge on any atom is -0.481 e. The second kappa shape index (κ2) is 6.92. The lowest BCUT2D eigenvalue weighted by molar-refractivity contribution is -0.137. The lowest BCUT2D eigenvalue weighted by atomic mass is 10.2. The largest absolute Gasteiger partial charge is 0.481 e. The molecule has 1 heterocycles. The van der Waals surface area contributed by atoms with E-state index < -0.39 is 5.97 Å². The van der Waals surface area contributed by atoms with Crippen LogP contribution in [0.25, 0.3) is 0 Å². The number of aromatic nitrogens is 2. The second-order valence-electron chi connectivity index (χ2n) is 4.50. The second-order valence-corrected chi connectivity index (χ2v) is 4.50. The number of carbonyl (C=O) groups is 2. The first-order valence-electron chi connectivity index (χ1n) is 6.57. The van der Waals surface area contributed by atoms with E-state index in [4.69, 9.17) is 5.11 Å². The number of hydrogen-bond acceptors (Lipinski definition) is 3. The van der Waals surface area contributed by atoms with Gasteiger partial charge in [0, 0.05) is 19.0 Å². The van der Waals surface area contributed by atoms with Gasteiger partial charge < -0.3 is 10.4 Å². The van der Waals surface area contributed by atoms with Crippen LogP contribution < -0.4 is 5.32 Å². The van der Waals surface area contributed by atoms with Crippen molar-refractivity contribution in [1.29, 1.82) is 0 Å². The van der Waals surface area contributed by atoms with Crippen molar-refractivity contribution in [3.05, 3.63) is 17.5 Å². The average molecular weight is 267 g/mol. The predicted molar refractivity (Wildman–Crippen MR) is 71.1 cm³/mol. The normalized spacial score (nSPS) is 12.2. The highest BCUT2D eigenvalue weighted by atomic mass is 16.4. The van der Waals surface area contributed by atoms with Crippen LogP contribution in [-0.2, 0) is 17.8 Å². The van der Waals surface area contributed by atoms with Gasteiger partial charge in [0.15, 0.2) is 0 Å². The van der Waals surface area contributed by atoms with Gasteiger partial charge in [-0.25, -0.2) is 0 Å². The monoisotopic (exact) mass is 267 g/mol. The molecule has 0 aliphatic heterocycles. The Hall–Kier alpha value is -1.85. The zero-order valence-electron chi connectivity index (χ0n) is 11.6. The van der Waals surface area contributed by atoms with Crippen molar-refractivity contribution in [3.63, 3.8) is 0 Å². The van der Waals surface area contributed by atoms with Crippen LogP contribution in [-0.4, -0.2) is 32.8 Å². The van der Waals surface area contributed by atoms with Crippen LogP contribution in [0.5, 0.6) is 0 Å². The highest BCUT2D eigenvalue weighted by Gasteiger charge is 2.16. The Bertz CT molecular complexity index is 454. The van der Waals surface area contributed by atoms with Crippen molar-refractivity contribution >= 4 is 11.9 Å². The smallest absolute Gasteiger partial charge is 0.303 e. The molecule has 1 amide bonds. The molecular weight excluding hydrogens is 246 g/mol. The Morgan fingerprint density at radius 2 is 2.16 bits per heavy atom. The zero-order valence-corrected chi connectivity index (χ0v) is 11.6. The summed E-state index contributed by atoms with van der Waals surface area (Å²) in [7, 11) is 0. The van der Waals surface area contributed by atoms with Gasteiger partial charge >= 0.3 is 5.97 Å². The molecule has 0 saturated heterocycles. The summed E-state index contributed by atoms with van der Waals surface area (Å²) in [5, 5.41) is 15.7. The van der Waals surface area contributed by atoms with Gasteiger partial charge in [0.1, 0.15) is 5.69 Å². The summed E-state index contributed by atoms with van der Waals surface area (Å²) in [6.07, 6.45) is 1.25. The van der Waals surface area contributed by atoms with Crippen molar-refractivity contribution < 1.29 is 14.7 Å². The van der Waals surface area contributed by atoms with Crippen LogP contribution in [0.2, 0.25) is 0 Å². The molecule has 0 aliphatic rings. The summed E-state index contributed by atoms with van der Waals surface area (Å²) in [6.45, 7) is 6.34. The zero-order chi connectivity index (χ0) is 14.4. The molecule has 6 heteroatoms. The molecule has 0 aromatic carbocycles. The van der Waals surface area contributed by atoms with E-state index in [9.17, 15) is 9.59 Å². The maximum Gasteiger partial charge on any atom is 0.303 e. The topological polar surface area (TPSA) is 84.2 Å². The van der Waals surface area contributed by atoms with Gasteiger partial charge in [-0.05, 0) is 32.8 Å². The molecule has 0 bridgehead atoms. The van der Waals surface area contributed by atoms with E-state index in [0.717, 1.165) is 12.1 Å². The molecule has 0 saturated carbocycles. The summed E-state index contributed by atoms with van der Waals surface area (Å²) >= 11 is 0. The minimum absolute atomic E-state index is 0.0503. The van der Waals surface area contributed by atoms with Gasteiger partial charge in [-0.2, -0.15) is 5.10 Å². The van der Waals surface area contributed by atoms with Gasteiger partial charge in [0.05, 0.1) is 5.69 Å². The molecular formula is C13H21N3O3. The number of nitrogens with zero attached hydrogens (tertiary/aromatic N) is 2. The van der Waals surface area contributed by atoms with E-state index in [-0.39, 0.29) is 18.4 Å². The molecule has 0 aliphatic carbocycles. The van der Waals surface area contributed by atoms with Crippen LogP contribution >= 0.6 is 0 Å². The molecule has 1 aromatic rings. The minimum atomic E-state index is -0.854. The van der Waals surface area contributed by atoms with Crippen LogP contribution in [0, 0.1) is 0 Å². The maximum absolute atomic E-state index is 12.1. The first-order valence-corrected chi connectivity index (χ1v) is 6.57. The fraction of sp³-hybridized carbons (Fsp3) is 0.615. The Labute approximate surface area is 112 Å². The Balaban J connectivity index is 2.66. The molecule has 19 heavy (non-hydrogen) atoms. The molecule has 1 unspecified atom stereocenters. The lowest BCUT2D eigenvalue weighted by Gasteiger charge is -2.13. The van der Waals surface area contributed by atoms with E-state index in [1.807, 2.05) is 13.8 Å². The summed E-state index contributed by atoms with van der Waals surface area (Å²) in [4.78, 5) is 22.6. The molecule has 0 fully saturated rings. The van der Waals surface area contributed by atoms with Crippen LogP contribution in [0.15, 0.2) is 6.07 Å². The number of nitrogens with one attached hydrogen (secondary N) is 1. The van der Waals surface area contributed by atoms with Crippen molar-refractivity contribution in [2.75, 3.05) is 0 Å². The number of aliphatic carboxylic acids is 1. The van der Waals surface area contributed by atoms with Gasteiger partial charge in [-0.3, -0.25) is 14.3 Å². The number of hydrogen-bond donors (Lipinski definition) is 2. The summed E-state index contributed by atoms with van der Waals surface area (Å²) in [5.74, 6) is -1.06. The number of carboxylic acid groups (broad SMARTS) is 1. The van der Waals surface area contributed by atoms with Gasteiger partial charge in [-0.15, -0.1) is 0 Å². The SMILES string of the molecule is CCc1cc(C(=O)NC(C)CCC(=O)O)n(CC)n1. The van der Waals surface area contributed by atoms with Crippen LogP contribution in [0.1, 0.15) is 49.8 Å². The third-order valence-electron chi connectivity index (χ3n) is 2.89. The molecule has 0 radical (unpaired) electrons. The number of rotatable bonds is 7. The summed E-state index contributed by atoms with van der Waals surface area (Å²) in [5.41, 5.74) is 1.41. The number of carbonyl (C=O) groups excluding carboxylic acids is 1. The summed E-state index contributed by atoms with van der Waals surface area (Å²) in [6, 6.07) is 1.61. The number of aryl methyl sites for hydroxylation is 2. The Kier molecular flexibility index (Phi) is 5.54. The third kappa shape index (κ3) is 4.39. The van der Waals surface area contributed by atoms with Gasteiger partial charge in [0.2, 0.25) is 0 Å². The first kappa shape index (κ1) is 15.2. The van der Waals surface area contributed by atoms with E-state index in [0.29, 0.717) is 18.7 Å². The molecule has 1 atom stereocenters. The van der Waals surface area contributed by atoms with Crippen molar-refractivity contribution in [2.24, 2.45) is 0 Å². The average Bonchev–Trinajstić information content (AvgIpc) is 2.79. The number of amides is 1. The van der Waals surface area contributed by atoms with Crippen molar-refractivity contribution in [3.8, 4) is 0 Å². The van der Waals surface area contributed by atoms with Crippen molar-refractivity contribution in [2.45, 2.75) is 52.6 Å². The molecule has 2 N–H and O–H groups in total. The fourth-order valence-electron chi connectivity index (χ4n) is 1.78. The van der Waals surface area contributed by atoms with E-state index in [1.165, 1.54) is 0 Å². The van der Waals surface area contributed by atoms with Crippen LogP contribution in [0.3, 0.4) is 0 Å². The van der Waals surface area contributed by atoms with E-state index in [2.05, 4.69) is 10.4 Å². The quantitative estimate of drug-likeness (QED) is 0.783. The van der Waals surface area contributed by atoms with Gasteiger partial charge in [0.25, 0.3) is 5.91 Å². The van der Waals surface area contributed by atoms with E-state index in [1.54, 1.807) is 17.7 Å². The molecule has 1 rings (SSSR count). The molecule has 106 valence electrons. The maximum atomic E-state index is 12.1. The third-order valence-corrected chi connectivity index (χ3v) is 2.89. The highest BCUT2D eigenvalue weighted by Crippen LogP contribution is 2.07. The number of carboxylic acids is 1. The lowest BCUT2D eigenvalue weighted by Crippen LogP contribution is -2.34. The first-order chi connectivity index (χ1) is 8.97. The summed E-state index contributed by atoms with van der Waals surface area (Å²) < 4.78 is 1.66. The van der Waals surface area contributed by atoms with Gasteiger partial charge in [-0.1, -0.05) is 6.92 Å². The fourth-order valence-corrected chi connectivity index (χ4v) is 1.78. The molecule has 1 aromatic heterocycles.